The van der Waals surface area contributed by atoms with Gasteiger partial charge in [-0.1, -0.05) is 33.8 Å². The molecule has 1 aromatic carbocycles. The van der Waals surface area contributed by atoms with Gasteiger partial charge in [0.15, 0.2) is 0 Å². The Hall–Kier alpha value is -0.870. The number of benzene rings is 1. The first-order valence-electron chi connectivity index (χ1n) is 4.30. The molecule has 0 bridgehead atoms. The fourth-order valence-electron chi connectivity index (χ4n) is 1.07. The highest BCUT2D eigenvalue weighted by atomic mass is 79.9. The van der Waals surface area contributed by atoms with Crippen molar-refractivity contribution in [3.8, 4) is 0 Å². The van der Waals surface area contributed by atoms with Gasteiger partial charge in [-0.15, -0.1) is 0 Å². The zero-order valence-electron chi connectivity index (χ0n) is 7.65. The summed E-state index contributed by atoms with van der Waals surface area (Å²) in [5, 5.41) is 0.664. The molecule has 0 saturated heterocycles. The quantitative estimate of drug-likeness (QED) is 0.769. The number of rotatable bonds is 2. The molecule has 15 heavy (non-hydrogen) atoms. The SMILES string of the molecule is Fc1cccc(Sc2ccc(Br)cc2)n1. The van der Waals surface area contributed by atoms with Gasteiger partial charge >= 0.3 is 0 Å². The number of nitrogens with zero attached hydrogens (tertiary/aromatic N) is 1. The fraction of sp³-hybridized carbons (Fsp3) is 0. The van der Waals surface area contributed by atoms with Crippen molar-refractivity contribution in [2.45, 2.75) is 9.92 Å². The third kappa shape index (κ3) is 3.04. The molecule has 4 heteroatoms. The van der Waals surface area contributed by atoms with Gasteiger partial charge < -0.3 is 0 Å². The number of aromatic nitrogens is 1. The minimum atomic E-state index is -0.447. The summed E-state index contributed by atoms with van der Waals surface area (Å²) in [4.78, 5) is 4.81. The maximum atomic E-state index is 12.8. The van der Waals surface area contributed by atoms with Crippen molar-refractivity contribution < 1.29 is 4.39 Å². The summed E-state index contributed by atoms with van der Waals surface area (Å²) >= 11 is 4.80. The predicted molar refractivity (Wildman–Crippen MR) is 62.5 cm³/mol. The lowest BCUT2D eigenvalue weighted by molar-refractivity contribution is 0.572. The summed E-state index contributed by atoms with van der Waals surface area (Å²) in [6.07, 6.45) is 0. The monoisotopic (exact) mass is 283 g/mol. The van der Waals surface area contributed by atoms with Gasteiger partial charge in [-0.3, -0.25) is 0 Å². The summed E-state index contributed by atoms with van der Waals surface area (Å²) in [6.45, 7) is 0. The van der Waals surface area contributed by atoms with Crippen LogP contribution in [-0.4, -0.2) is 4.98 Å². The van der Waals surface area contributed by atoms with Crippen LogP contribution in [0.25, 0.3) is 0 Å². The Balaban J connectivity index is 2.18. The molecule has 1 nitrogen and oxygen atoms in total. The highest BCUT2D eigenvalue weighted by Gasteiger charge is 1.99. The molecule has 0 aliphatic carbocycles. The van der Waals surface area contributed by atoms with E-state index in [1.807, 2.05) is 24.3 Å². The van der Waals surface area contributed by atoms with Crippen molar-refractivity contribution in [3.63, 3.8) is 0 Å². The molecule has 0 radical (unpaired) electrons. The number of halogens is 2. The maximum Gasteiger partial charge on any atom is 0.213 e. The van der Waals surface area contributed by atoms with Gasteiger partial charge in [0.05, 0.1) is 0 Å². The van der Waals surface area contributed by atoms with Crippen LogP contribution < -0.4 is 0 Å². The largest absolute Gasteiger partial charge is 0.213 e. The van der Waals surface area contributed by atoms with Crippen molar-refractivity contribution in [2.75, 3.05) is 0 Å². The molecule has 2 aromatic rings. The molecule has 0 aliphatic heterocycles. The zero-order chi connectivity index (χ0) is 10.7. The Morgan fingerprint density at radius 1 is 1.07 bits per heavy atom. The van der Waals surface area contributed by atoms with Crippen LogP contribution in [0.3, 0.4) is 0 Å². The van der Waals surface area contributed by atoms with Crippen molar-refractivity contribution in [2.24, 2.45) is 0 Å². The van der Waals surface area contributed by atoms with E-state index in [9.17, 15) is 4.39 Å². The average molecular weight is 284 g/mol. The van der Waals surface area contributed by atoms with E-state index in [2.05, 4.69) is 20.9 Å². The van der Waals surface area contributed by atoms with E-state index in [1.165, 1.54) is 17.8 Å². The Bertz CT molecular complexity index is 458. The normalized spacial score (nSPS) is 10.3. The van der Waals surface area contributed by atoms with E-state index in [1.54, 1.807) is 12.1 Å². The molecule has 1 aromatic heterocycles. The topological polar surface area (TPSA) is 12.9 Å². The van der Waals surface area contributed by atoms with Crippen molar-refractivity contribution in [1.29, 1.82) is 0 Å². The van der Waals surface area contributed by atoms with Gasteiger partial charge in [0.25, 0.3) is 0 Å². The zero-order valence-corrected chi connectivity index (χ0v) is 10.1. The number of hydrogen-bond acceptors (Lipinski definition) is 2. The molecule has 0 amide bonds. The smallest absolute Gasteiger partial charge is 0.213 e. The maximum absolute atomic E-state index is 12.8. The lowest BCUT2D eigenvalue weighted by Gasteiger charge is -2.00. The van der Waals surface area contributed by atoms with Gasteiger partial charge in [-0.05, 0) is 36.4 Å². The summed E-state index contributed by atoms with van der Waals surface area (Å²) < 4.78 is 13.8. The summed E-state index contributed by atoms with van der Waals surface area (Å²) in [5.41, 5.74) is 0. The first kappa shape index (κ1) is 10.6. The Labute approximate surface area is 99.9 Å². The molecule has 0 fully saturated rings. The highest BCUT2D eigenvalue weighted by molar-refractivity contribution is 9.10. The molecule has 2 rings (SSSR count). The Morgan fingerprint density at radius 2 is 1.80 bits per heavy atom. The number of hydrogen-bond donors (Lipinski definition) is 0. The Kier molecular flexibility index (Phi) is 3.38. The Morgan fingerprint density at radius 3 is 2.47 bits per heavy atom. The standard InChI is InChI=1S/C11H7BrFNS/c12-8-4-6-9(7-5-8)15-11-3-1-2-10(13)14-11/h1-7H. The van der Waals surface area contributed by atoms with E-state index in [-0.39, 0.29) is 0 Å². The van der Waals surface area contributed by atoms with Crippen LogP contribution >= 0.6 is 27.7 Å². The van der Waals surface area contributed by atoms with Crippen molar-refractivity contribution >= 4 is 27.7 Å². The van der Waals surface area contributed by atoms with Crippen LogP contribution in [0.4, 0.5) is 4.39 Å². The molecule has 0 spiro atoms. The summed E-state index contributed by atoms with van der Waals surface area (Å²) in [7, 11) is 0. The van der Waals surface area contributed by atoms with Crippen molar-refractivity contribution in [3.05, 3.63) is 52.9 Å². The fourth-order valence-corrected chi connectivity index (χ4v) is 2.13. The van der Waals surface area contributed by atoms with Gasteiger partial charge in [0.2, 0.25) is 5.95 Å². The number of pyridine rings is 1. The third-order valence-corrected chi connectivity index (χ3v) is 3.20. The van der Waals surface area contributed by atoms with Gasteiger partial charge in [0.1, 0.15) is 5.03 Å². The highest BCUT2D eigenvalue weighted by Crippen LogP contribution is 2.26. The molecule has 76 valence electrons. The minimum Gasteiger partial charge on any atom is -0.213 e. The molecular weight excluding hydrogens is 277 g/mol. The van der Waals surface area contributed by atoms with Crippen LogP contribution in [-0.2, 0) is 0 Å². The molecular formula is C11H7BrFNS. The lowest BCUT2D eigenvalue weighted by atomic mass is 10.4. The minimum absolute atomic E-state index is 0.447. The van der Waals surface area contributed by atoms with Crippen LogP contribution in [0, 0.1) is 5.95 Å². The molecule has 1 heterocycles. The van der Waals surface area contributed by atoms with Crippen molar-refractivity contribution in [1.82, 2.24) is 4.98 Å². The second-order valence-electron chi connectivity index (χ2n) is 2.85. The third-order valence-electron chi connectivity index (χ3n) is 1.73. The van der Waals surface area contributed by atoms with Crippen LogP contribution in [0.15, 0.2) is 56.9 Å². The summed E-state index contributed by atoms with van der Waals surface area (Å²) in [5.74, 6) is -0.447. The molecule has 0 unspecified atom stereocenters. The lowest BCUT2D eigenvalue weighted by Crippen LogP contribution is -1.83. The summed E-state index contributed by atoms with van der Waals surface area (Å²) in [6, 6.07) is 12.6. The molecule has 0 N–H and O–H groups in total. The molecule has 0 atom stereocenters. The predicted octanol–water partition coefficient (Wildman–Crippen LogP) is 4.13. The second kappa shape index (κ2) is 4.77. The first-order valence-corrected chi connectivity index (χ1v) is 5.91. The van der Waals surface area contributed by atoms with E-state index >= 15 is 0 Å². The van der Waals surface area contributed by atoms with Crippen LogP contribution in [0.1, 0.15) is 0 Å². The second-order valence-corrected chi connectivity index (χ2v) is 4.86. The van der Waals surface area contributed by atoms with Crippen LogP contribution in [0.5, 0.6) is 0 Å². The van der Waals surface area contributed by atoms with Gasteiger partial charge in [-0.2, -0.15) is 4.39 Å². The average Bonchev–Trinajstić information content (AvgIpc) is 2.22. The molecule has 0 aliphatic rings. The van der Waals surface area contributed by atoms with E-state index in [0.29, 0.717) is 5.03 Å². The van der Waals surface area contributed by atoms with E-state index in [4.69, 9.17) is 0 Å². The van der Waals surface area contributed by atoms with Gasteiger partial charge in [0, 0.05) is 9.37 Å². The van der Waals surface area contributed by atoms with E-state index in [0.717, 1.165) is 9.37 Å². The first-order chi connectivity index (χ1) is 7.24. The molecule has 0 saturated carbocycles. The van der Waals surface area contributed by atoms with Gasteiger partial charge in [-0.25, -0.2) is 4.98 Å². The van der Waals surface area contributed by atoms with E-state index < -0.39 is 5.95 Å². The van der Waals surface area contributed by atoms with Crippen LogP contribution in [0.2, 0.25) is 0 Å².